The molecule has 3 rings (SSSR count). The van der Waals surface area contributed by atoms with Gasteiger partial charge in [-0.05, 0) is 6.92 Å². The van der Waals surface area contributed by atoms with Crippen molar-refractivity contribution in [3.05, 3.63) is 69.8 Å². The van der Waals surface area contributed by atoms with Gasteiger partial charge in [0.05, 0.1) is 4.92 Å². The van der Waals surface area contributed by atoms with Crippen LogP contribution in [0.25, 0.3) is 11.4 Å². The number of thioether (sulfide) groups is 1. The highest BCUT2D eigenvalue weighted by atomic mass is 32.2. The maximum Gasteiger partial charge on any atom is 0.273 e. The number of nitrogen functional groups attached to an aromatic ring is 1. The topological polar surface area (TPSA) is 99.9 Å². The minimum Gasteiger partial charge on any atom is -0.335 e. The Morgan fingerprint density at radius 1 is 1.17 bits per heavy atom. The van der Waals surface area contributed by atoms with Gasteiger partial charge < -0.3 is 5.84 Å². The minimum atomic E-state index is -0.388. The summed E-state index contributed by atoms with van der Waals surface area (Å²) in [7, 11) is 0. The van der Waals surface area contributed by atoms with E-state index in [0.717, 1.165) is 11.1 Å². The first-order valence-corrected chi connectivity index (χ1v) is 8.17. The molecule has 0 radical (unpaired) electrons. The number of nitro benzene ring substituents is 1. The predicted octanol–water partition coefficient (Wildman–Crippen LogP) is 3.17. The number of aromatic nitrogens is 3. The zero-order chi connectivity index (χ0) is 17.1. The largest absolute Gasteiger partial charge is 0.335 e. The number of rotatable bonds is 5. The molecule has 24 heavy (non-hydrogen) atoms. The maximum atomic E-state index is 11.1. The number of hydrogen-bond acceptors (Lipinski definition) is 6. The SMILES string of the molecule is Cc1ccc(-c2nnc(SCc3ccccc3[N+](=O)[O-])n2N)cc1. The van der Waals surface area contributed by atoms with Crippen LogP contribution in [0.15, 0.2) is 53.7 Å². The summed E-state index contributed by atoms with van der Waals surface area (Å²) in [5, 5.41) is 19.8. The Labute approximate surface area is 142 Å². The van der Waals surface area contributed by atoms with Crippen molar-refractivity contribution in [1.82, 2.24) is 14.9 Å². The highest BCUT2D eigenvalue weighted by Crippen LogP contribution is 2.28. The van der Waals surface area contributed by atoms with Gasteiger partial charge in [0.1, 0.15) is 0 Å². The molecule has 2 aromatic carbocycles. The van der Waals surface area contributed by atoms with Gasteiger partial charge in [0, 0.05) is 22.9 Å². The van der Waals surface area contributed by atoms with Crippen LogP contribution in [-0.2, 0) is 5.75 Å². The highest BCUT2D eigenvalue weighted by molar-refractivity contribution is 7.98. The molecule has 2 N–H and O–H groups in total. The average molecular weight is 341 g/mol. The molecule has 0 spiro atoms. The molecule has 0 saturated heterocycles. The second-order valence-corrected chi connectivity index (χ2v) is 6.16. The Morgan fingerprint density at radius 3 is 2.58 bits per heavy atom. The number of para-hydroxylation sites is 1. The molecular weight excluding hydrogens is 326 g/mol. The summed E-state index contributed by atoms with van der Waals surface area (Å²) < 4.78 is 1.41. The van der Waals surface area contributed by atoms with Crippen molar-refractivity contribution in [3.8, 4) is 11.4 Å². The third-order valence-electron chi connectivity index (χ3n) is 3.52. The summed E-state index contributed by atoms with van der Waals surface area (Å²) in [6, 6.07) is 14.4. The van der Waals surface area contributed by atoms with E-state index >= 15 is 0 Å². The van der Waals surface area contributed by atoms with Gasteiger partial charge in [-0.25, -0.2) is 4.68 Å². The molecule has 3 aromatic rings. The molecule has 0 aliphatic carbocycles. The molecule has 0 unspecified atom stereocenters. The lowest BCUT2D eigenvalue weighted by Gasteiger charge is -2.05. The van der Waals surface area contributed by atoms with Crippen LogP contribution in [0.2, 0.25) is 0 Å². The Bertz CT molecular complexity index is 876. The smallest absolute Gasteiger partial charge is 0.273 e. The van der Waals surface area contributed by atoms with Crippen molar-refractivity contribution in [3.63, 3.8) is 0 Å². The summed E-state index contributed by atoms with van der Waals surface area (Å²) in [6.07, 6.45) is 0. The Kier molecular flexibility index (Phi) is 4.48. The van der Waals surface area contributed by atoms with Gasteiger partial charge in [-0.3, -0.25) is 10.1 Å². The van der Waals surface area contributed by atoms with Crippen molar-refractivity contribution >= 4 is 17.4 Å². The summed E-state index contributed by atoms with van der Waals surface area (Å²) in [6.45, 7) is 2.00. The van der Waals surface area contributed by atoms with Crippen LogP contribution in [0.5, 0.6) is 0 Å². The fourth-order valence-corrected chi connectivity index (χ4v) is 3.08. The third-order valence-corrected chi connectivity index (χ3v) is 4.51. The van der Waals surface area contributed by atoms with Crippen LogP contribution in [0.3, 0.4) is 0 Å². The van der Waals surface area contributed by atoms with E-state index in [1.165, 1.54) is 22.5 Å². The van der Waals surface area contributed by atoms with Crippen LogP contribution < -0.4 is 5.84 Å². The summed E-state index contributed by atoms with van der Waals surface area (Å²) >= 11 is 1.31. The molecule has 7 nitrogen and oxygen atoms in total. The second kappa shape index (κ2) is 6.71. The van der Waals surface area contributed by atoms with Crippen molar-refractivity contribution in [2.45, 2.75) is 17.8 Å². The van der Waals surface area contributed by atoms with E-state index in [9.17, 15) is 10.1 Å². The van der Waals surface area contributed by atoms with Gasteiger partial charge in [-0.15, -0.1) is 10.2 Å². The standard InChI is InChI=1S/C16H15N5O2S/c1-11-6-8-12(9-7-11)15-18-19-16(20(15)17)24-10-13-4-2-3-5-14(13)21(22)23/h2-9H,10,17H2,1H3. The van der Waals surface area contributed by atoms with E-state index in [2.05, 4.69) is 10.2 Å². The minimum absolute atomic E-state index is 0.0897. The Balaban J connectivity index is 1.80. The second-order valence-electron chi connectivity index (χ2n) is 5.22. The maximum absolute atomic E-state index is 11.1. The first kappa shape index (κ1) is 16.0. The molecule has 0 fully saturated rings. The van der Waals surface area contributed by atoms with Crippen LogP contribution in [-0.4, -0.2) is 19.8 Å². The van der Waals surface area contributed by atoms with E-state index in [0.29, 0.717) is 22.3 Å². The molecule has 0 atom stereocenters. The fraction of sp³-hybridized carbons (Fsp3) is 0.125. The molecular formula is C16H15N5O2S. The first-order valence-electron chi connectivity index (χ1n) is 7.19. The van der Waals surface area contributed by atoms with Crippen LogP contribution >= 0.6 is 11.8 Å². The van der Waals surface area contributed by atoms with Crippen molar-refractivity contribution in [2.75, 3.05) is 5.84 Å². The summed E-state index contributed by atoms with van der Waals surface area (Å²) in [5.74, 6) is 7.02. The van der Waals surface area contributed by atoms with E-state index in [1.807, 2.05) is 31.2 Å². The van der Waals surface area contributed by atoms with Crippen molar-refractivity contribution in [1.29, 1.82) is 0 Å². The number of nitrogens with zero attached hydrogens (tertiary/aromatic N) is 4. The summed E-state index contributed by atoms with van der Waals surface area (Å²) in [4.78, 5) is 10.7. The molecule has 0 amide bonds. The number of benzene rings is 2. The van der Waals surface area contributed by atoms with Gasteiger partial charge in [0.2, 0.25) is 5.16 Å². The van der Waals surface area contributed by atoms with Crippen LogP contribution in [0.1, 0.15) is 11.1 Å². The molecule has 1 heterocycles. The van der Waals surface area contributed by atoms with Gasteiger partial charge in [0.25, 0.3) is 5.69 Å². The fourth-order valence-electron chi connectivity index (χ4n) is 2.23. The molecule has 0 saturated carbocycles. The zero-order valence-electron chi connectivity index (χ0n) is 12.9. The van der Waals surface area contributed by atoms with Crippen molar-refractivity contribution < 1.29 is 4.92 Å². The number of nitro groups is 1. The van der Waals surface area contributed by atoms with E-state index in [-0.39, 0.29) is 10.6 Å². The van der Waals surface area contributed by atoms with Gasteiger partial charge in [-0.1, -0.05) is 59.8 Å². The quantitative estimate of drug-likeness (QED) is 0.331. The van der Waals surface area contributed by atoms with E-state index in [4.69, 9.17) is 5.84 Å². The monoisotopic (exact) mass is 341 g/mol. The zero-order valence-corrected chi connectivity index (χ0v) is 13.7. The molecule has 0 bridgehead atoms. The Hall–Kier alpha value is -2.87. The van der Waals surface area contributed by atoms with Gasteiger partial charge in [-0.2, -0.15) is 0 Å². The van der Waals surface area contributed by atoms with Gasteiger partial charge in [0.15, 0.2) is 5.82 Å². The number of hydrogen-bond donors (Lipinski definition) is 1. The van der Waals surface area contributed by atoms with Crippen LogP contribution in [0.4, 0.5) is 5.69 Å². The lowest BCUT2D eigenvalue weighted by molar-refractivity contribution is -0.385. The normalized spacial score (nSPS) is 10.7. The molecule has 1 aromatic heterocycles. The third kappa shape index (κ3) is 3.23. The Morgan fingerprint density at radius 2 is 1.88 bits per heavy atom. The summed E-state index contributed by atoms with van der Waals surface area (Å²) in [5.41, 5.74) is 2.72. The molecule has 0 aliphatic heterocycles. The number of aryl methyl sites for hydroxylation is 1. The lowest BCUT2D eigenvalue weighted by Crippen LogP contribution is -2.11. The van der Waals surface area contributed by atoms with E-state index < -0.39 is 0 Å². The lowest BCUT2D eigenvalue weighted by atomic mass is 10.1. The van der Waals surface area contributed by atoms with E-state index in [1.54, 1.807) is 18.2 Å². The predicted molar refractivity (Wildman–Crippen MR) is 93.0 cm³/mol. The average Bonchev–Trinajstić information content (AvgIpc) is 2.95. The molecule has 0 aliphatic rings. The molecule has 8 heteroatoms. The first-order chi connectivity index (χ1) is 11.6. The molecule has 122 valence electrons. The highest BCUT2D eigenvalue weighted by Gasteiger charge is 2.16. The number of nitrogens with two attached hydrogens (primary N) is 1. The van der Waals surface area contributed by atoms with Crippen LogP contribution in [0, 0.1) is 17.0 Å². The van der Waals surface area contributed by atoms with Gasteiger partial charge >= 0.3 is 0 Å². The van der Waals surface area contributed by atoms with Crippen molar-refractivity contribution in [2.24, 2.45) is 0 Å².